The van der Waals surface area contributed by atoms with Crippen molar-refractivity contribution in [2.24, 2.45) is 0 Å². The van der Waals surface area contributed by atoms with Crippen LogP contribution in [0.5, 0.6) is 5.75 Å². The highest BCUT2D eigenvalue weighted by Gasteiger charge is 2.17. The SMILES string of the molecule is CCCCOc1ccc(C(=O)OCC(=O)Nc2ccc(Cl)cc2[N+](=O)[O-])cc1. The van der Waals surface area contributed by atoms with Crippen LogP contribution in [-0.2, 0) is 9.53 Å². The number of unbranched alkanes of at least 4 members (excludes halogenated alkanes) is 1. The van der Waals surface area contributed by atoms with Crippen LogP contribution in [0, 0.1) is 10.1 Å². The lowest BCUT2D eigenvalue weighted by Gasteiger charge is -2.08. The molecule has 0 saturated carbocycles. The van der Waals surface area contributed by atoms with Crippen molar-refractivity contribution in [1.29, 1.82) is 0 Å². The molecule has 0 aliphatic rings. The van der Waals surface area contributed by atoms with E-state index >= 15 is 0 Å². The summed E-state index contributed by atoms with van der Waals surface area (Å²) in [6.07, 6.45) is 1.95. The van der Waals surface area contributed by atoms with Gasteiger partial charge in [-0.05, 0) is 42.8 Å². The zero-order valence-electron chi connectivity index (χ0n) is 15.1. The van der Waals surface area contributed by atoms with Crippen molar-refractivity contribution in [3.63, 3.8) is 0 Å². The van der Waals surface area contributed by atoms with E-state index in [0.717, 1.165) is 18.9 Å². The van der Waals surface area contributed by atoms with Gasteiger partial charge in [0.05, 0.1) is 17.1 Å². The Morgan fingerprint density at radius 2 is 1.89 bits per heavy atom. The number of nitrogens with one attached hydrogen (secondary N) is 1. The summed E-state index contributed by atoms with van der Waals surface area (Å²) in [7, 11) is 0. The Kier molecular flexibility index (Phi) is 7.76. The van der Waals surface area contributed by atoms with E-state index in [1.54, 1.807) is 12.1 Å². The molecule has 1 N–H and O–H groups in total. The van der Waals surface area contributed by atoms with E-state index in [1.165, 1.54) is 24.3 Å². The summed E-state index contributed by atoms with van der Waals surface area (Å²) in [5, 5.41) is 13.5. The lowest BCUT2D eigenvalue weighted by atomic mass is 10.2. The highest BCUT2D eigenvalue weighted by molar-refractivity contribution is 6.31. The smallest absolute Gasteiger partial charge is 0.338 e. The van der Waals surface area contributed by atoms with Gasteiger partial charge in [-0.15, -0.1) is 0 Å². The van der Waals surface area contributed by atoms with Gasteiger partial charge in [0.15, 0.2) is 6.61 Å². The summed E-state index contributed by atoms with van der Waals surface area (Å²) in [5.74, 6) is -0.767. The largest absolute Gasteiger partial charge is 0.494 e. The Balaban J connectivity index is 1.89. The Morgan fingerprint density at radius 3 is 2.54 bits per heavy atom. The van der Waals surface area contributed by atoms with E-state index in [0.29, 0.717) is 12.4 Å². The quantitative estimate of drug-likeness (QED) is 0.289. The maximum absolute atomic E-state index is 12.0. The number of hydrogen-bond donors (Lipinski definition) is 1. The van der Waals surface area contributed by atoms with Crippen LogP contribution in [-0.4, -0.2) is 30.0 Å². The zero-order valence-corrected chi connectivity index (χ0v) is 15.9. The first-order valence-electron chi connectivity index (χ1n) is 8.54. The fourth-order valence-electron chi connectivity index (χ4n) is 2.18. The van der Waals surface area contributed by atoms with E-state index in [-0.39, 0.29) is 22.0 Å². The second-order valence-corrected chi connectivity index (χ2v) is 6.21. The van der Waals surface area contributed by atoms with Crippen molar-refractivity contribution < 1.29 is 24.0 Å². The normalized spacial score (nSPS) is 10.2. The molecular formula is C19H19ClN2O6. The van der Waals surface area contributed by atoms with Gasteiger partial charge in [-0.3, -0.25) is 14.9 Å². The first-order valence-corrected chi connectivity index (χ1v) is 8.92. The first kappa shape index (κ1) is 21.2. The van der Waals surface area contributed by atoms with Gasteiger partial charge in [0.2, 0.25) is 0 Å². The number of nitro groups is 1. The van der Waals surface area contributed by atoms with Gasteiger partial charge in [-0.25, -0.2) is 4.79 Å². The van der Waals surface area contributed by atoms with Gasteiger partial charge >= 0.3 is 5.97 Å². The number of ether oxygens (including phenoxy) is 2. The second-order valence-electron chi connectivity index (χ2n) is 5.77. The van der Waals surface area contributed by atoms with Crippen LogP contribution in [0.15, 0.2) is 42.5 Å². The van der Waals surface area contributed by atoms with Crippen LogP contribution in [0.4, 0.5) is 11.4 Å². The molecule has 0 aliphatic carbocycles. The molecule has 0 atom stereocenters. The van der Waals surface area contributed by atoms with Gasteiger partial charge in [0.25, 0.3) is 11.6 Å². The van der Waals surface area contributed by atoms with Crippen LogP contribution >= 0.6 is 11.6 Å². The molecule has 0 bridgehead atoms. The molecule has 0 radical (unpaired) electrons. The predicted molar refractivity (Wildman–Crippen MR) is 104 cm³/mol. The van der Waals surface area contributed by atoms with Crippen molar-refractivity contribution in [2.75, 3.05) is 18.5 Å². The fourth-order valence-corrected chi connectivity index (χ4v) is 2.35. The fraction of sp³-hybridized carbons (Fsp3) is 0.263. The third-order valence-corrected chi connectivity index (χ3v) is 3.86. The van der Waals surface area contributed by atoms with Crippen LogP contribution in [0.25, 0.3) is 0 Å². The molecule has 0 aliphatic heterocycles. The number of amides is 1. The average molecular weight is 407 g/mol. The monoisotopic (exact) mass is 406 g/mol. The number of halogens is 1. The highest BCUT2D eigenvalue weighted by Crippen LogP contribution is 2.27. The molecule has 0 aromatic heterocycles. The molecule has 8 nitrogen and oxygen atoms in total. The minimum absolute atomic E-state index is 0.0379. The second kappa shape index (κ2) is 10.3. The number of nitrogens with zero attached hydrogens (tertiary/aromatic N) is 1. The number of esters is 1. The summed E-state index contributed by atoms with van der Waals surface area (Å²) in [5.41, 5.74) is -0.136. The molecule has 2 rings (SSSR count). The van der Waals surface area contributed by atoms with Crippen LogP contribution in [0.2, 0.25) is 5.02 Å². The summed E-state index contributed by atoms with van der Waals surface area (Å²) < 4.78 is 10.4. The number of rotatable bonds is 9. The molecule has 0 heterocycles. The van der Waals surface area contributed by atoms with Crippen molar-refractivity contribution in [3.05, 3.63) is 63.2 Å². The molecular weight excluding hydrogens is 388 g/mol. The summed E-state index contributed by atoms with van der Waals surface area (Å²) in [6, 6.07) is 10.2. The minimum atomic E-state index is -0.710. The van der Waals surface area contributed by atoms with Gasteiger partial charge in [0, 0.05) is 11.1 Å². The van der Waals surface area contributed by atoms with E-state index < -0.39 is 23.4 Å². The van der Waals surface area contributed by atoms with Crippen LogP contribution < -0.4 is 10.1 Å². The Morgan fingerprint density at radius 1 is 1.18 bits per heavy atom. The van der Waals surface area contributed by atoms with Gasteiger partial charge in [-0.2, -0.15) is 0 Å². The Hall–Kier alpha value is -3.13. The van der Waals surface area contributed by atoms with Crippen LogP contribution in [0.1, 0.15) is 30.1 Å². The molecule has 148 valence electrons. The zero-order chi connectivity index (χ0) is 20.5. The molecule has 2 aromatic carbocycles. The predicted octanol–water partition coefficient (Wildman–Crippen LogP) is 4.22. The van der Waals surface area contributed by atoms with Gasteiger partial charge in [-0.1, -0.05) is 24.9 Å². The van der Waals surface area contributed by atoms with Crippen molar-refractivity contribution in [3.8, 4) is 5.75 Å². The van der Waals surface area contributed by atoms with Crippen molar-refractivity contribution in [1.82, 2.24) is 0 Å². The van der Waals surface area contributed by atoms with Crippen molar-refractivity contribution >= 4 is 34.9 Å². The lowest BCUT2D eigenvalue weighted by Crippen LogP contribution is -2.21. The van der Waals surface area contributed by atoms with E-state index in [2.05, 4.69) is 12.2 Å². The number of hydrogen-bond acceptors (Lipinski definition) is 6. The minimum Gasteiger partial charge on any atom is -0.494 e. The first-order chi connectivity index (χ1) is 13.4. The van der Waals surface area contributed by atoms with Crippen molar-refractivity contribution in [2.45, 2.75) is 19.8 Å². The topological polar surface area (TPSA) is 108 Å². The Bertz CT molecular complexity index is 854. The number of benzene rings is 2. The average Bonchev–Trinajstić information content (AvgIpc) is 2.68. The maximum Gasteiger partial charge on any atom is 0.338 e. The maximum atomic E-state index is 12.0. The molecule has 0 unspecified atom stereocenters. The highest BCUT2D eigenvalue weighted by atomic mass is 35.5. The molecule has 0 saturated heterocycles. The Labute approximate surface area is 166 Å². The molecule has 0 spiro atoms. The summed E-state index contributed by atoms with van der Waals surface area (Å²) in [4.78, 5) is 34.3. The molecule has 2 aromatic rings. The van der Waals surface area contributed by atoms with E-state index in [1.807, 2.05) is 0 Å². The van der Waals surface area contributed by atoms with Gasteiger partial charge < -0.3 is 14.8 Å². The molecule has 28 heavy (non-hydrogen) atoms. The lowest BCUT2D eigenvalue weighted by molar-refractivity contribution is -0.383. The third kappa shape index (κ3) is 6.24. The number of carbonyl (C=O) groups excluding carboxylic acids is 2. The third-order valence-electron chi connectivity index (χ3n) is 3.62. The van der Waals surface area contributed by atoms with E-state index in [4.69, 9.17) is 21.1 Å². The van der Waals surface area contributed by atoms with Crippen LogP contribution in [0.3, 0.4) is 0 Å². The summed E-state index contributed by atoms with van der Waals surface area (Å²) >= 11 is 5.72. The molecule has 1 amide bonds. The molecule has 9 heteroatoms. The number of anilines is 1. The van der Waals surface area contributed by atoms with E-state index in [9.17, 15) is 19.7 Å². The van der Waals surface area contributed by atoms with Gasteiger partial charge in [0.1, 0.15) is 11.4 Å². The summed E-state index contributed by atoms with van der Waals surface area (Å²) in [6.45, 7) is 2.06. The number of carbonyl (C=O) groups is 2. The molecule has 0 fully saturated rings. The standard InChI is InChI=1S/C19H19ClN2O6/c1-2-3-10-27-15-7-4-13(5-8-15)19(24)28-12-18(23)21-16-9-6-14(20)11-17(16)22(25)26/h4-9,11H,2-3,10,12H2,1H3,(H,21,23). The number of nitro benzene ring substituents is 1.